The summed E-state index contributed by atoms with van der Waals surface area (Å²) in [7, 11) is 0. The first-order valence-electron chi connectivity index (χ1n) is 8.02. The van der Waals surface area contributed by atoms with Gasteiger partial charge in [-0.1, -0.05) is 81.7 Å². The van der Waals surface area contributed by atoms with Crippen LogP contribution in [-0.4, -0.2) is 25.6 Å². The van der Waals surface area contributed by atoms with E-state index in [1.165, 1.54) is 34.8 Å². The van der Waals surface area contributed by atoms with Gasteiger partial charge in [0.2, 0.25) is 7.59 Å². The van der Waals surface area contributed by atoms with Crippen molar-refractivity contribution in [3.05, 3.63) is 58.5 Å². The number of hydrogen-bond donors (Lipinski definition) is 0. The number of rotatable bonds is 2. The zero-order valence-corrected chi connectivity index (χ0v) is 20.6. The van der Waals surface area contributed by atoms with Gasteiger partial charge in [0.05, 0.1) is 9.75 Å². The Bertz CT molecular complexity index is 1090. The van der Waals surface area contributed by atoms with E-state index < -0.39 is 13.6 Å². The molecule has 5 nitrogen and oxygen atoms in total. The van der Waals surface area contributed by atoms with E-state index in [0.717, 1.165) is 19.1 Å². The average Bonchev–Trinajstić information content (AvgIpc) is 3.46. The van der Waals surface area contributed by atoms with E-state index in [2.05, 4.69) is 10.2 Å². The monoisotopic (exact) mass is 558 g/mol. The smallest absolute Gasteiger partial charge is 0.244 e. The van der Waals surface area contributed by atoms with E-state index in [4.69, 9.17) is 69.6 Å². The molecule has 0 amide bonds. The number of alkyl halides is 6. The third-order valence-corrected chi connectivity index (χ3v) is 6.86. The van der Waals surface area contributed by atoms with Crippen LogP contribution in [-0.2, 0) is 7.59 Å². The van der Waals surface area contributed by atoms with Gasteiger partial charge in [-0.3, -0.25) is 0 Å². The lowest BCUT2D eigenvalue weighted by Crippen LogP contribution is -2.29. The second-order valence-electron chi connectivity index (χ2n) is 5.89. The lowest BCUT2D eigenvalue weighted by Gasteiger charge is -2.15. The summed E-state index contributed by atoms with van der Waals surface area (Å²) < 4.78 is -1.95. The van der Waals surface area contributed by atoms with Crippen molar-refractivity contribution in [2.75, 3.05) is 0 Å². The van der Waals surface area contributed by atoms with Crippen molar-refractivity contribution in [3.8, 4) is 21.1 Å². The Morgan fingerprint density at radius 3 is 1.47 bits per heavy atom. The van der Waals surface area contributed by atoms with E-state index in [1.54, 1.807) is 0 Å². The molecular formula is C17H8Cl6N4OS2. The number of thiophene rings is 2. The minimum atomic E-state index is -1.93. The van der Waals surface area contributed by atoms with Crippen molar-refractivity contribution >= 4 is 98.3 Å². The third kappa shape index (κ3) is 4.40. The highest BCUT2D eigenvalue weighted by molar-refractivity contribution is 7.13. The molecule has 13 heteroatoms. The van der Waals surface area contributed by atoms with Crippen molar-refractivity contribution < 1.29 is 4.79 Å². The van der Waals surface area contributed by atoms with Gasteiger partial charge >= 0.3 is 6.03 Å². The van der Waals surface area contributed by atoms with Crippen LogP contribution in [0.25, 0.3) is 21.1 Å². The lowest BCUT2D eigenvalue weighted by molar-refractivity contribution is 0.237. The summed E-state index contributed by atoms with van der Waals surface area (Å²) in [6, 6.07) is 9.64. The normalized spacial score (nSPS) is 12.5. The van der Waals surface area contributed by atoms with Gasteiger partial charge in [0.1, 0.15) is 22.8 Å². The molecule has 0 fully saturated rings. The highest BCUT2D eigenvalue weighted by Gasteiger charge is 2.36. The Hall–Kier alpha value is -0.770. The Morgan fingerprint density at radius 1 is 0.767 bits per heavy atom. The van der Waals surface area contributed by atoms with Crippen LogP contribution >= 0.6 is 92.3 Å². The van der Waals surface area contributed by atoms with Crippen LogP contribution in [0.3, 0.4) is 0 Å². The molecule has 0 bridgehead atoms. The van der Waals surface area contributed by atoms with Crippen molar-refractivity contribution in [1.29, 1.82) is 0 Å². The molecule has 0 aliphatic heterocycles. The van der Waals surface area contributed by atoms with E-state index in [0.29, 0.717) is 11.4 Å². The van der Waals surface area contributed by atoms with Crippen molar-refractivity contribution in [3.63, 3.8) is 0 Å². The maximum atomic E-state index is 13.4. The number of carbonyl (C=O) groups is 1. The molecule has 0 radical (unpaired) electrons. The van der Waals surface area contributed by atoms with E-state index >= 15 is 0 Å². The first kappa shape index (κ1) is 22.4. The summed E-state index contributed by atoms with van der Waals surface area (Å²) in [5.74, 6) is 0. The summed E-state index contributed by atoms with van der Waals surface area (Å²) in [5, 5.41) is 12.4. The van der Waals surface area contributed by atoms with Crippen LogP contribution in [0.2, 0.25) is 0 Å². The largest absolute Gasteiger partial charge is 0.370 e. The summed E-state index contributed by atoms with van der Waals surface area (Å²) in [6.45, 7) is 0. The number of hydrogen-bond acceptors (Lipinski definition) is 5. The molecular weight excluding hydrogens is 553 g/mol. The first-order chi connectivity index (χ1) is 14.1. The van der Waals surface area contributed by atoms with Crippen molar-refractivity contribution in [1.82, 2.24) is 19.6 Å². The summed E-state index contributed by atoms with van der Waals surface area (Å²) in [4.78, 5) is 15.0. The van der Waals surface area contributed by atoms with Crippen LogP contribution in [0, 0.1) is 0 Å². The number of carbonyl (C=O) groups excluding carboxylic acids is 1. The minimum absolute atomic E-state index is 0.0318. The molecule has 0 aliphatic carbocycles. The van der Waals surface area contributed by atoms with Crippen LogP contribution < -0.4 is 0 Å². The SMILES string of the molecule is O=C(n1nc(-c2cccs2)cc1C(Cl)(Cl)Cl)n1nc(-c2cccs2)cc1C(Cl)(Cl)Cl. The highest BCUT2D eigenvalue weighted by atomic mass is 35.6. The van der Waals surface area contributed by atoms with Gasteiger partial charge in [0.25, 0.3) is 0 Å². The molecule has 0 aromatic carbocycles. The topological polar surface area (TPSA) is 52.7 Å². The molecule has 0 spiro atoms. The fourth-order valence-electron chi connectivity index (χ4n) is 2.64. The van der Waals surface area contributed by atoms with Gasteiger partial charge in [0.15, 0.2) is 0 Å². The Kier molecular flexibility index (Phi) is 6.20. The molecule has 0 atom stereocenters. The molecule has 4 aromatic heterocycles. The molecule has 4 rings (SSSR count). The number of aromatic nitrogens is 4. The maximum Gasteiger partial charge on any atom is 0.370 e. The molecule has 0 aliphatic rings. The van der Waals surface area contributed by atoms with Crippen molar-refractivity contribution in [2.24, 2.45) is 0 Å². The van der Waals surface area contributed by atoms with Gasteiger partial charge in [-0.25, -0.2) is 4.79 Å². The molecule has 0 saturated heterocycles. The second-order valence-corrected chi connectivity index (χ2v) is 12.3. The summed E-state index contributed by atoms with van der Waals surface area (Å²) >= 11 is 39.5. The summed E-state index contributed by atoms with van der Waals surface area (Å²) in [6.07, 6.45) is 0. The van der Waals surface area contributed by atoms with Crippen molar-refractivity contribution in [2.45, 2.75) is 7.59 Å². The van der Waals surface area contributed by atoms with Crippen LogP contribution in [0.1, 0.15) is 11.4 Å². The lowest BCUT2D eigenvalue weighted by atomic mass is 10.3. The zero-order valence-electron chi connectivity index (χ0n) is 14.4. The fraction of sp³-hybridized carbons (Fsp3) is 0.118. The molecule has 156 valence electrons. The van der Waals surface area contributed by atoms with Gasteiger partial charge in [-0.05, 0) is 35.0 Å². The molecule has 4 aromatic rings. The highest BCUT2D eigenvalue weighted by Crippen LogP contribution is 2.42. The van der Waals surface area contributed by atoms with Gasteiger partial charge in [-0.2, -0.15) is 19.6 Å². The maximum absolute atomic E-state index is 13.4. The van der Waals surface area contributed by atoms with E-state index in [-0.39, 0.29) is 11.4 Å². The Labute approximate surface area is 208 Å². The zero-order chi connectivity index (χ0) is 21.7. The molecule has 30 heavy (non-hydrogen) atoms. The average molecular weight is 561 g/mol. The predicted molar refractivity (Wildman–Crippen MR) is 126 cm³/mol. The molecule has 0 unspecified atom stereocenters. The number of nitrogens with zero attached hydrogens (tertiary/aromatic N) is 4. The standard InChI is InChI=1S/C17H8Cl6N4OS2/c18-16(19,20)13-7-9(11-3-1-5-29-11)24-26(13)15(28)27-14(17(21,22)23)8-10(25-27)12-4-2-6-30-12/h1-8H. The van der Waals surface area contributed by atoms with Crippen LogP contribution in [0.15, 0.2) is 47.2 Å². The van der Waals surface area contributed by atoms with Gasteiger partial charge in [-0.15, -0.1) is 22.7 Å². The third-order valence-electron chi connectivity index (χ3n) is 3.91. The Balaban J connectivity index is 1.87. The molecule has 0 N–H and O–H groups in total. The van der Waals surface area contributed by atoms with E-state index in [1.807, 2.05) is 35.0 Å². The predicted octanol–water partition coefficient (Wildman–Crippen LogP) is 7.71. The molecule has 4 heterocycles. The summed E-state index contributed by atoms with van der Waals surface area (Å²) in [5.41, 5.74) is 0.982. The molecule has 0 saturated carbocycles. The first-order valence-corrected chi connectivity index (χ1v) is 12.1. The second kappa shape index (κ2) is 8.30. The fourth-order valence-corrected chi connectivity index (χ4v) is 4.81. The number of halogens is 6. The van der Waals surface area contributed by atoms with Gasteiger partial charge in [0, 0.05) is 0 Å². The van der Waals surface area contributed by atoms with Crippen LogP contribution in [0.4, 0.5) is 4.79 Å². The Morgan fingerprint density at radius 2 is 1.17 bits per heavy atom. The minimum Gasteiger partial charge on any atom is -0.244 e. The quantitative estimate of drug-likeness (QED) is 0.236. The van der Waals surface area contributed by atoms with E-state index in [9.17, 15) is 4.79 Å². The van der Waals surface area contributed by atoms with Crippen LogP contribution in [0.5, 0.6) is 0 Å². The van der Waals surface area contributed by atoms with Gasteiger partial charge < -0.3 is 0 Å².